The Morgan fingerprint density at radius 3 is 1.71 bits per heavy atom. The lowest BCUT2D eigenvalue weighted by atomic mass is 9.95. The maximum atomic E-state index is 2.34. The van der Waals surface area contributed by atoms with Crippen molar-refractivity contribution in [2.75, 3.05) is 0 Å². The van der Waals surface area contributed by atoms with Crippen LogP contribution in [0.15, 0.2) is 30.3 Å². The van der Waals surface area contributed by atoms with E-state index in [-0.39, 0.29) is 0 Å². The fourth-order valence-corrected chi connectivity index (χ4v) is 2.46. The second-order valence-electron chi connectivity index (χ2n) is 5.85. The molecule has 1 aliphatic carbocycles. The van der Waals surface area contributed by atoms with E-state index in [9.17, 15) is 0 Å². The summed E-state index contributed by atoms with van der Waals surface area (Å²) in [5, 5.41) is 0. The number of hydrogen-bond acceptors (Lipinski definition) is 0. The van der Waals surface area contributed by atoms with Crippen LogP contribution in [0.2, 0.25) is 0 Å². The molecule has 0 saturated heterocycles. The highest BCUT2D eigenvalue weighted by molar-refractivity contribution is 5.17. The summed E-state index contributed by atoms with van der Waals surface area (Å²) < 4.78 is 0. The minimum absolute atomic E-state index is 0.659. The van der Waals surface area contributed by atoms with E-state index < -0.39 is 0 Å². The number of hydrogen-bond donors (Lipinski definition) is 0. The summed E-state index contributed by atoms with van der Waals surface area (Å²) in [4.78, 5) is 0. The molecule has 0 nitrogen and oxygen atoms in total. The molecule has 0 amide bonds. The van der Waals surface area contributed by atoms with Gasteiger partial charge in [-0.25, -0.2) is 0 Å². The average molecular weight is 232 g/mol. The predicted octanol–water partition coefficient (Wildman–Crippen LogP) is 5.64. The largest absolute Gasteiger partial charge is 0.0625 e. The van der Waals surface area contributed by atoms with Crippen LogP contribution in [0.4, 0.5) is 0 Å². The van der Waals surface area contributed by atoms with Crippen LogP contribution in [0.3, 0.4) is 0 Å². The smallest absolute Gasteiger partial charge is 0.0219 e. The van der Waals surface area contributed by atoms with E-state index in [0.29, 0.717) is 5.92 Å². The first-order chi connectivity index (χ1) is 8.11. The van der Waals surface area contributed by atoms with Crippen LogP contribution in [0.25, 0.3) is 0 Å². The molecule has 1 fully saturated rings. The molecule has 1 aromatic rings. The number of rotatable bonds is 2. The van der Waals surface area contributed by atoms with Crippen LogP contribution in [0, 0.1) is 11.8 Å². The maximum absolute atomic E-state index is 2.34. The molecule has 0 radical (unpaired) electrons. The summed E-state index contributed by atoms with van der Waals surface area (Å²) in [6.07, 6.45) is 5.97. The van der Waals surface area contributed by atoms with Gasteiger partial charge in [-0.2, -0.15) is 0 Å². The Kier molecular flexibility index (Phi) is 6.32. The zero-order chi connectivity index (χ0) is 12.7. The van der Waals surface area contributed by atoms with Gasteiger partial charge in [-0.1, -0.05) is 83.7 Å². The standard InChI is InChI=1S/C9H12.C8H16/c1-8(2)9-6-4-3-5-7-9;1-7(2)8-5-3-4-6-8/h3-8H,1-2H3;7-8H,3-6H2,1-2H3. The van der Waals surface area contributed by atoms with Crippen LogP contribution >= 0.6 is 0 Å². The fraction of sp³-hybridized carbons (Fsp3) is 0.647. The summed E-state index contributed by atoms with van der Waals surface area (Å²) in [6, 6.07) is 10.5. The van der Waals surface area contributed by atoms with Crippen LogP contribution in [-0.4, -0.2) is 0 Å². The molecule has 0 aliphatic heterocycles. The van der Waals surface area contributed by atoms with E-state index >= 15 is 0 Å². The first kappa shape index (κ1) is 14.3. The van der Waals surface area contributed by atoms with E-state index in [0.717, 1.165) is 11.8 Å². The molecule has 0 N–H and O–H groups in total. The van der Waals surface area contributed by atoms with Crippen molar-refractivity contribution < 1.29 is 0 Å². The van der Waals surface area contributed by atoms with Crippen molar-refractivity contribution >= 4 is 0 Å². The molecule has 17 heavy (non-hydrogen) atoms. The summed E-state index contributed by atoms with van der Waals surface area (Å²) in [5.74, 6) is 2.67. The van der Waals surface area contributed by atoms with Crippen LogP contribution < -0.4 is 0 Å². The van der Waals surface area contributed by atoms with Crippen molar-refractivity contribution in [3.8, 4) is 0 Å². The van der Waals surface area contributed by atoms with Gasteiger partial charge >= 0.3 is 0 Å². The molecule has 0 spiro atoms. The molecule has 0 bridgehead atoms. The van der Waals surface area contributed by atoms with E-state index in [2.05, 4.69) is 52.0 Å². The van der Waals surface area contributed by atoms with Crippen molar-refractivity contribution in [3.05, 3.63) is 35.9 Å². The molecule has 1 aliphatic rings. The van der Waals surface area contributed by atoms with Gasteiger partial charge in [-0.15, -0.1) is 0 Å². The molecule has 1 aromatic carbocycles. The van der Waals surface area contributed by atoms with Gasteiger partial charge in [-0.05, 0) is 23.3 Å². The van der Waals surface area contributed by atoms with Gasteiger partial charge in [0.05, 0.1) is 0 Å². The third-order valence-electron chi connectivity index (χ3n) is 3.81. The van der Waals surface area contributed by atoms with Crippen molar-refractivity contribution in [2.45, 2.75) is 59.3 Å². The minimum atomic E-state index is 0.659. The third-order valence-corrected chi connectivity index (χ3v) is 3.81. The van der Waals surface area contributed by atoms with Gasteiger partial charge in [0.1, 0.15) is 0 Å². The predicted molar refractivity (Wildman–Crippen MR) is 77.3 cm³/mol. The molecular formula is C17H28. The van der Waals surface area contributed by atoms with Crippen LogP contribution in [-0.2, 0) is 0 Å². The van der Waals surface area contributed by atoms with Gasteiger partial charge in [0.25, 0.3) is 0 Å². The second-order valence-corrected chi connectivity index (χ2v) is 5.85. The molecule has 0 heterocycles. The molecule has 2 rings (SSSR count). The monoisotopic (exact) mass is 232 g/mol. The summed E-state index contributed by atoms with van der Waals surface area (Å²) in [5.41, 5.74) is 1.41. The molecule has 0 unspecified atom stereocenters. The molecule has 96 valence electrons. The van der Waals surface area contributed by atoms with Crippen molar-refractivity contribution in [1.82, 2.24) is 0 Å². The third kappa shape index (κ3) is 5.39. The number of benzene rings is 1. The van der Waals surface area contributed by atoms with Gasteiger partial charge < -0.3 is 0 Å². The van der Waals surface area contributed by atoms with Crippen molar-refractivity contribution in [2.24, 2.45) is 11.8 Å². The van der Waals surface area contributed by atoms with E-state index in [1.807, 2.05) is 6.07 Å². The highest BCUT2D eigenvalue weighted by Crippen LogP contribution is 2.30. The Balaban J connectivity index is 0.000000171. The first-order valence-electron chi connectivity index (χ1n) is 7.16. The zero-order valence-electron chi connectivity index (χ0n) is 11.9. The average Bonchev–Trinajstić information content (AvgIpc) is 2.84. The highest BCUT2D eigenvalue weighted by Gasteiger charge is 2.17. The molecule has 0 aromatic heterocycles. The fourth-order valence-electron chi connectivity index (χ4n) is 2.46. The van der Waals surface area contributed by atoms with E-state index in [1.54, 1.807) is 0 Å². The van der Waals surface area contributed by atoms with Crippen molar-refractivity contribution in [3.63, 3.8) is 0 Å². The quantitative estimate of drug-likeness (QED) is 0.618. The second kappa shape index (κ2) is 7.53. The maximum Gasteiger partial charge on any atom is -0.0219 e. The summed E-state index contributed by atoms with van der Waals surface area (Å²) in [6.45, 7) is 9.09. The normalized spacial score (nSPS) is 16.1. The summed E-state index contributed by atoms with van der Waals surface area (Å²) in [7, 11) is 0. The molecule has 0 atom stereocenters. The van der Waals surface area contributed by atoms with Crippen LogP contribution in [0.1, 0.15) is 64.9 Å². The lowest BCUT2D eigenvalue weighted by molar-refractivity contribution is 0.396. The summed E-state index contributed by atoms with van der Waals surface area (Å²) >= 11 is 0. The van der Waals surface area contributed by atoms with Gasteiger partial charge in [0.15, 0.2) is 0 Å². The van der Waals surface area contributed by atoms with Gasteiger partial charge in [0.2, 0.25) is 0 Å². The van der Waals surface area contributed by atoms with E-state index in [4.69, 9.17) is 0 Å². The SMILES string of the molecule is CC(C)C1CCCC1.CC(C)c1ccccc1. The Morgan fingerprint density at radius 1 is 0.882 bits per heavy atom. The Bertz CT molecular complexity index is 278. The Hall–Kier alpha value is -0.780. The lowest BCUT2D eigenvalue weighted by Crippen LogP contribution is -2.01. The first-order valence-corrected chi connectivity index (χ1v) is 7.16. The van der Waals surface area contributed by atoms with Crippen LogP contribution in [0.5, 0.6) is 0 Å². The lowest BCUT2D eigenvalue weighted by Gasteiger charge is -2.11. The zero-order valence-corrected chi connectivity index (χ0v) is 11.9. The minimum Gasteiger partial charge on any atom is -0.0625 e. The van der Waals surface area contributed by atoms with Gasteiger partial charge in [-0.3, -0.25) is 0 Å². The molecular weight excluding hydrogens is 204 g/mol. The van der Waals surface area contributed by atoms with Gasteiger partial charge in [0, 0.05) is 0 Å². The topological polar surface area (TPSA) is 0 Å². The highest BCUT2D eigenvalue weighted by atomic mass is 14.2. The Labute approximate surface area is 107 Å². The molecule has 1 saturated carbocycles. The molecule has 0 heteroatoms. The van der Waals surface area contributed by atoms with Crippen molar-refractivity contribution in [1.29, 1.82) is 0 Å². The van der Waals surface area contributed by atoms with E-state index in [1.165, 1.54) is 31.2 Å². The Morgan fingerprint density at radius 2 is 1.41 bits per heavy atom.